The molecule has 8 aromatic rings. The Hall–Kier alpha value is -5.86. The van der Waals surface area contributed by atoms with Gasteiger partial charge in [-0.15, -0.1) is 0 Å². The summed E-state index contributed by atoms with van der Waals surface area (Å²) in [5.74, 6) is 5.29. The maximum absolute atomic E-state index is 2.62. The average molecular weight is 831 g/mol. The van der Waals surface area contributed by atoms with Crippen LogP contribution in [0.3, 0.4) is 0 Å². The van der Waals surface area contributed by atoms with Crippen molar-refractivity contribution in [2.45, 2.75) is 94.8 Å². The first-order chi connectivity index (χ1) is 31.4. The molecule has 3 unspecified atom stereocenters. The molecule has 2 heteroatoms. The van der Waals surface area contributed by atoms with E-state index in [0.29, 0.717) is 11.3 Å². The van der Waals surface area contributed by atoms with Gasteiger partial charge in [0.2, 0.25) is 0 Å². The Bertz CT molecular complexity index is 3080. The third-order valence-electron chi connectivity index (χ3n) is 18.0. The summed E-state index contributed by atoms with van der Waals surface area (Å²) in [7, 11) is 0. The molecule has 6 saturated carbocycles. The fourth-order valence-corrected chi connectivity index (χ4v) is 15.6. The molecule has 7 aliphatic carbocycles. The molecule has 0 spiro atoms. The Labute approximate surface area is 379 Å². The second-order valence-corrected chi connectivity index (χ2v) is 21.9. The van der Waals surface area contributed by atoms with Crippen molar-refractivity contribution < 1.29 is 0 Å². The number of anilines is 3. The number of hydrogen-bond donors (Lipinski definition) is 0. The van der Waals surface area contributed by atoms with Crippen LogP contribution in [0.15, 0.2) is 158 Å². The standard InChI is InChI=1S/C62H58N2/c1-61(2)56-35-58(54(43-11-5-3-6-12-43)34-55(56)51-27-28-52-50-15-9-10-16-57(50)64(60(52)59(51)61)47-13-7-4-8-14-47)63(48-23-19-44(20-24-48)53-33-39-17-18-45(53)32-39)49-25-21-46(22-26-49)62-36-40-29-41(37-62)31-42(30-40)38-62/h3-16,19-28,34-35,39-42,45,53H,17-18,29-33,36-38H2,1-2H3. The van der Waals surface area contributed by atoms with E-state index < -0.39 is 0 Å². The lowest BCUT2D eigenvalue weighted by Crippen LogP contribution is -2.48. The molecule has 7 aliphatic rings. The third-order valence-corrected chi connectivity index (χ3v) is 18.0. The zero-order chi connectivity index (χ0) is 42.3. The van der Waals surface area contributed by atoms with Crippen LogP contribution in [0.4, 0.5) is 17.1 Å². The summed E-state index contributed by atoms with van der Waals surface area (Å²) in [6, 6.07) is 61.1. The number of rotatable bonds is 7. The van der Waals surface area contributed by atoms with Crippen molar-refractivity contribution >= 4 is 38.9 Å². The predicted molar refractivity (Wildman–Crippen MR) is 267 cm³/mol. The fraction of sp³-hybridized carbons (Fsp3) is 0.323. The first-order valence-electron chi connectivity index (χ1n) is 24.8. The van der Waals surface area contributed by atoms with E-state index in [9.17, 15) is 0 Å². The molecular weight excluding hydrogens is 773 g/mol. The molecule has 0 radical (unpaired) electrons. The molecule has 0 N–H and O–H groups in total. The highest BCUT2D eigenvalue weighted by Gasteiger charge is 2.51. The zero-order valence-corrected chi connectivity index (χ0v) is 37.4. The van der Waals surface area contributed by atoms with Crippen LogP contribution < -0.4 is 4.90 Å². The zero-order valence-electron chi connectivity index (χ0n) is 37.4. The minimum absolute atomic E-state index is 0.269. The van der Waals surface area contributed by atoms with Crippen LogP contribution in [0.5, 0.6) is 0 Å². The molecule has 0 amide bonds. The summed E-state index contributed by atoms with van der Waals surface area (Å²) >= 11 is 0. The molecule has 0 aliphatic heterocycles. The van der Waals surface area contributed by atoms with Gasteiger partial charge >= 0.3 is 0 Å². The van der Waals surface area contributed by atoms with Gasteiger partial charge in [-0.3, -0.25) is 0 Å². The molecule has 6 bridgehead atoms. The van der Waals surface area contributed by atoms with Gasteiger partial charge in [0.1, 0.15) is 0 Å². The number of fused-ring (bicyclic) bond motifs is 9. The van der Waals surface area contributed by atoms with Crippen molar-refractivity contribution in [3.8, 4) is 27.9 Å². The molecule has 7 aromatic carbocycles. The average Bonchev–Trinajstić information content (AvgIpc) is 4.10. The van der Waals surface area contributed by atoms with Crippen molar-refractivity contribution in [1.29, 1.82) is 0 Å². The Morgan fingerprint density at radius 2 is 1.19 bits per heavy atom. The van der Waals surface area contributed by atoms with Crippen molar-refractivity contribution in [3.63, 3.8) is 0 Å². The van der Waals surface area contributed by atoms with E-state index in [1.807, 2.05) is 0 Å². The van der Waals surface area contributed by atoms with E-state index >= 15 is 0 Å². The highest BCUT2D eigenvalue weighted by Crippen LogP contribution is 2.62. The Morgan fingerprint density at radius 1 is 0.531 bits per heavy atom. The topological polar surface area (TPSA) is 8.17 Å². The molecule has 1 aromatic heterocycles. The number of aromatic nitrogens is 1. The van der Waals surface area contributed by atoms with Crippen LogP contribution in [0.2, 0.25) is 0 Å². The molecule has 64 heavy (non-hydrogen) atoms. The van der Waals surface area contributed by atoms with Gasteiger partial charge < -0.3 is 9.47 Å². The summed E-state index contributed by atoms with van der Waals surface area (Å²) < 4.78 is 2.53. The highest BCUT2D eigenvalue weighted by molar-refractivity contribution is 6.13. The van der Waals surface area contributed by atoms with Gasteiger partial charge in [0, 0.05) is 38.8 Å². The highest BCUT2D eigenvalue weighted by atomic mass is 15.1. The van der Waals surface area contributed by atoms with Crippen LogP contribution >= 0.6 is 0 Å². The second kappa shape index (κ2) is 13.8. The van der Waals surface area contributed by atoms with E-state index in [1.54, 1.807) is 11.1 Å². The van der Waals surface area contributed by atoms with E-state index in [-0.39, 0.29) is 5.41 Å². The first kappa shape index (κ1) is 37.5. The molecule has 2 nitrogen and oxygen atoms in total. The van der Waals surface area contributed by atoms with E-state index in [4.69, 9.17) is 0 Å². The summed E-state index contributed by atoms with van der Waals surface area (Å²) in [5, 5.41) is 2.62. The maximum Gasteiger partial charge on any atom is 0.0588 e. The van der Waals surface area contributed by atoms with Gasteiger partial charge in [0.05, 0.1) is 16.7 Å². The lowest BCUT2D eigenvalue weighted by molar-refractivity contribution is -0.00518. The summed E-state index contributed by atoms with van der Waals surface area (Å²) in [6.45, 7) is 4.95. The van der Waals surface area contributed by atoms with Gasteiger partial charge in [-0.2, -0.15) is 0 Å². The lowest BCUT2D eigenvalue weighted by Gasteiger charge is -2.57. The Kier molecular flexibility index (Phi) is 8.10. The van der Waals surface area contributed by atoms with Crippen LogP contribution in [-0.4, -0.2) is 4.57 Å². The van der Waals surface area contributed by atoms with E-state index in [0.717, 1.165) is 29.6 Å². The summed E-state index contributed by atoms with van der Waals surface area (Å²) in [6.07, 6.45) is 14.2. The summed E-state index contributed by atoms with van der Waals surface area (Å²) in [4.78, 5) is 2.62. The monoisotopic (exact) mass is 830 g/mol. The lowest BCUT2D eigenvalue weighted by atomic mass is 9.48. The SMILES string of the molecule is CC1(C)c2cc(N(c3ccc(C4CC5CCC4C5)cc3)c3ccc(C45CC6CC(CC(C6)C4)C5)cc3)c(-c3ccccc3)cc2-c2ccc3c4ccccc4n(-c4ccccc4)c3c21. The molecule has 0 saturated heterocycles. The van der Waals surface area contributed by atoms with Gasteiger partial charge in [-0.25, -0.2) is 0 Å². The van der Waals surface area contributed by atoms with Crippen molar-refractivity contribution in [3.05, 3.63) is 180 Å². The Morgan fingerprint density at radius 3 is 1.86 bits per heavy atom. The quantitative estimate of drug-likeness (QED) is 0.155. The Balaban J connectivity index is 0.968. The van der Waals surface area contributed by atoms with E-state index in [1.165, 1.54) is 142 Å². The third kappa shape index (κ3) is 5.50. The molecule has 316 valence electrons. The van der Waals surface area contributed by atoms with Gasteiger partial charge in [-0.1, -0.05) is 123 Å². The van der Waals surface area contributed by atoms with Crippen LogP contribution in [-0.2, 0) is 10.8 Å². The fourth-order valence-electron chi connectivity index (χ4n) is 15.6. The molecular formula is C62H58N2. The van der Waals surface area contributed by atoms with Gasteiger partial charge in [0.25, 0.3) is 0 Å². The minimum atomic E-state index is -0.269. The minimum Gasteiger partial charge on any atom is -0.310 e. The number of para-hydroxylation sites is 2. The van der Waals surface area contributed by atoms with E-state index in [2.05, 4.69) is 181 Å². The van der Waals surface area contributed by atoms with Gasteiger partial charge in [-0.05, 0) is 192 Å². The van der Waals surface area contributed by atoms with Crippen molar-refractivity contribution in [2.24, 2.45) is 29.6 Å². The van der Waals surface area contributed by atoms with Crippen LogP contribution in [0, 0.1) is 29.6 Å². The maximum atomic E-state index is 2.62. The number of hydrogen-bond acceptors (Lipinski definition) is 1. The first-order valence-corrected chi connectivity index (χ1v) is 24.8. The number of benzene rings is 7. The van der Waals surface area contributed by atoms with Crippen LogP contribution in [0.1, 0.15) is 106 Å². The second-order valence-electron chi connectivity index (χ2n) is 21.9. The molecule has 6 fully saturated rings. The van der Waals surface area contributed by atoms with Crippen molar-refractivity contribution in [2.75, 3.05) is 4.90 Å². The normalized spacial score (nSPS) is 26.8. The molecule has 3 atom stereocenters. The molecule has 1 heterocycles. The summed E-state index contributed by atoms with van der Waals surface area (Å²) in [5.41, 5.74) is 18.8. The predicted octanol–water partition coefficient (Wildman–Crippen LogP) is 16.6. The number of nitrogens with zero attached hydrogens (tertiary/aromatic N) is 2. The van der Waals surface area contributed by atoms with Gasteiger partial charge in [0.15, 0.2) is 0 Å². The molecule has 15 rings (SSSR count). The van der Waals surface area contributed by atoms with Crippen molar-refractivity contribution in [1.82, 2.24) is 4.57 Å². The largest absolute Gasteiger partial charge is 0.310 e. The van der Waals surface area contributed by atoms with Crippen LogP contribution in [0.25, 0.3) is 49.7 Å². The smallest absolute Gasteiger partial charge is 0.0588 e.